The number of esters is 4. The summed E-state index contributed by atoms with van der Waals surface area (Å²) in [5.41, 5.74) is -1.33. The third-order valence-corrected chi connectivity index (χ3v) is 22.1. The molecular formula is C77H95BrN6O18S3. The van der Waals surface area contributed by atoms with Crippen LogP contribution in [0.5, 0.6) is 0 Å². The van der Waals surface area contributed by atoms with E-state index in [9.17, 15) is 67.7 Å². The zero-order valence-electron chi connectivity index (χ0n) is 58.3. The molecule has 0 spiro atoms. The molecule has 9 aromatic rings. The molecule has 0 aliphatic heterocycles. The third-order valence-electron chi connectivity index (χ3n) is 17.2. The molecule has 0 atom stereocenters. The number of benzene rings is 3. The van der Waals surface area contributed by atoms with Gasteiger partial charge in [0.1, 0.15) is 72.2 Å². The van der Waals surface area contributed by atoms with Crippen LogP contribution in [-0.4, -0.2) is 102 Å². The van der Waals surface area contributed by atoms with Crippen molar-refractivity contribution in [3.63, 3.8) is 0 Å². The highest BCUT2D eigenvalue weighted by Crippen LogP contribution is 2.34. The van der Waals surface area contributed by atoms with Crippen LogP contribution in [0.2, 0.25) is 0 Å². The Balaban J connectivity index is 0.000000235. The molecule has 12 rings (SSSR count). The van der Waals surface area contributed by atoms with Gasteiger partial charge in [0, 0.05) is 24.5 Å². The van der Waals surface area contributed by atoms with Crippen LogP contribution in [0.1, 0.15) is 184 Å². The van der Waals surface area contributed by atoms with Crippen molar-refractivity contribution >= 4 is 116 Å². The quantitative estimate of drug-likeness (QED) is 0.0407. The van der Waals surface area contributed by atoms with Crippen molar-refractivity contribution in [3.8, 4) is 0 Å². The van der Waals surface area contributed by atoms with E-state index >= 15 is 0 Å². The van der Waals surface area contributed by atoms with Gasteiger partial charge in [0.15, 0.2) is 0 Å². The number of thiophene rings is 3. The Morgan fingerprint density at radius 1 is 0.438 bits per heavy atom. The summed E-state index contributed by atoms with van der Waals surface area (Å²) in [6.07, 6.45) is 10.9. The van der Waals surface area contributed by atoms with Gasteiger partial charge in [-0.25, -0.2) is 42.5 Å². The summed E-state index contributed by atoms with van der Waals surface area (Å²) in [5.74, 6) is -4.83. The van der Waals surface area contributed by atoms with E-state index in [4.69, 9.17) is 18.9 Å². The lowest BCUT2D eigenvalue weighted by Gasteiger charge is -2.24. The second-order valence-electron chi connectivity index (χ2n) is 27.2. The zero-order chi connectivity index (χ0) is 74.1. The summed E-state index contributed by atoms with van der Waals surface area (Å²) < 4.78 is 28.4. The number of aryl methyl sites for hydroxylation is 9. The van der Waals surface area contributed by atoms with Crippen LogP contribution in [-0.2, 0) is 91.9 Å². The number of carboxylic acid groups (broad SMARTS) is 2. The smallest absolute Gasteiger partial charge is 0.348 e. The fraction of sp³-hybridized carbons (Fsp3) is 0.455. The van der Waals surface area contributed by atoms with Crippen molar-refractivity contribution in [1.29, 1.82) is 0 Å². The minimum atomic E-state index is -1.29. The Bertz CT molecular complexity index is 5000. The lowest BCUT2D eigenvalue weighted by atomic mass is 9.96. The van der Waals surface area contributed by atoms with E-state index in [1.54, 1.807) is 55.4 Å². The van der Waals surface area contributed by atoms with Crippen LogP contribution in [0.4, 0.5) is 0 Å². The summed E-state index contributed by atoms with van der Waals surface area (Å²) >= 11 is 6.50. The molecule has 3 saturated carbocycles. The molecule has 6 heterocycles. The van der Waals surface area contributed by atoms with Crippen LogP contribution >= 0.6 is 49.9 Å². The predicted octanol–water partition coefficient (Wildman–Crippen LogP) is 13.1. The van der Waals surface area contributed by atoms with E-state index in [-0.39, 0.29) is 85.6 Å². The molecule has 0 bridgehead atoms. The standard InChI is InChI=1S/C26H30N2O6S.C22H22N2O6S.C22H24N2O6S.C4H7Br.3CH4/c1-16-20-22(30)28(15-19(29)34-26(2,3)4)25(32)27(14-13-17-9-6-5-7-10-17)23(20)35-21(16)24(31)33-18-11-8-12-18;1-13-17-19(27)24(12-16(25)26)22(29)23(11-10-14-6-3-2-4-7-14)20(17)31-18(13)21(28)30-15-8-5-9-15;1-13-16-18(26)24(12-15(25)30-22(2,3)4)21(29)23(19(16)31-17(13)20(27)28)11-10-14-8-6-5-7-9-14;5-4-2-1-3-4;;;/h5-7,9-10,18H,8,11-15H2,1-4H3;2-4,6-7,15H,5,8-12H2,1H3,(H,25,26);5-9H,10-12H2,1-4H3,(H,27,28);4H,1-3H2;3*1H4. The number of ether oxygens (including phenoxy) is 4. The fourth-order valence-corrected chi connectivity index (χ4v) is 15.5. The van der Waals surface area contributed by atoms with E-state index < -0.39 is 100 Å². The molecule has 2 N–H and O–H groups in total. The predicted molar refractivity (Wildman–Crippen MR) is 415 cm³/mol. The third kappa shape index (κ3) is 20.9. The zero-order valence-corrected chi connectivity index (χ0v) is 62.4. The molecular weight excluding hydrogens is 1470 g/mol. The SMILES string of the molecule is BrC1CCC1.C.C.C.Cc1c(C(=O)O)sc2c1c(=O)n(CC(=O)OC(C)(C)C)c(=O)n2CCc1ccccc1.Cc1c(C(=O)OC2CCC2)sc2c1c(=O)n(CC(=O)O)c(=O)n2CCc1ccccc1.Cc1c(C(=O)OC2CCC2)sc2c1c(=O)n(CC(=O)OC(C)(C)C)c(=O)n2CCc1ccccc1. The number of carbonyl (C=O) groups is 6. The van der Waals surface area contributed by atoms with E-state index in [0.29, 0.717) is 49.8 Å². The van der Waals surface area contributed by atoms with E-state index in [1.165, 1.54) is 39.9 Å². The average molecular weight is 1570 g/mol. The first-order valence-corrected chi connectivity index (χ1v) is 37.0. The van der Waals surface area contributed by atoms with Crippen LogP contribution < -0.4 is 33.7 Å². The number of aromatic carboxylic acids is 1. The Morgan fingerprint density at radius 3 is 0.962 bits per heavy atom. The largest absolute Gasteiger partial charge is 0.480 e. The monoisotopic (exact) mass is 1570 g/mol. The highest BCUT2D eigenvalue weighted by molar-refractivity contribution is 9.09. The molecule has 3 aliphatic carbocycles. The lowest BCUT2D eigenvalue weighted by Crippen LogP contribution is -2.42. The van der Waals surface area contributed by atoms with Crippen molar-refractivity contribution in [2.45, 2.75) is 229 Å². The maximum absolute atomic E-state index is 13.5. The minimum Gasteiger partial charge on any atom is -0.480 e. The summed E-state index contributed by atoms with van der Waals surface area (Å²) in [4.78, 5) is 155. The van der Waals surface area contributed by atoms with Crippen LogP contribution in [0.3, 0.4) is 0 Å². The number of hydrogen-bond acceptors (Lipinski definition) is 19. The van der Waals surface area contributed by atoms with Crippen molar-refractivity contribution in [3.05, 3.63) is 202 Å². The Morgan fingerprint density at radius 2 is 0.714 bits per heavy atom. The van der Waals surface area contributed by atoms with Crippen molar-refractivity contribution in [2.24, 2.45) is 0 Å². The second kappa shape index (κ2) is 36.7. The maximum atomic E-state index is 13.5. The molecule has 3 fully saturated rings. The van der Waals surface area contributed by atoms with Gasteiger partial charge < -0.3 is 29.2 Å². The molecule has 3 aliphatic rings. The average Bonchev–Trinajstić information content (AvgIpc) is 1.63. The van der Waals surface area contributed by atoms with Crippen molar-refractivity contribution in [1.82, 2.24) is 27.4 Å². The number of rotatable bonds is 20. The molecule has 6 aromatic heterocycles. The van der Waals surface area contributed by atoms with Gasteiger partial charge in [0.2, 0.25) is 0 Å². The molecule has 3 aromatic carbocycles. The number of nitrogens with zero attached hydrogens (tertiary/aromatic N) is 6. The summed E-state index contributed by atoms with van der Waals surface area (Å²) in [7, 11) is 0. The van der Waals surface area contributed by atoms with E-state index in [1.807, 2.05) is 91.0 Å². The first-order chi connectivity index (χ1) is 48.3. The first-order valence-electron chi connectivity index (χ1n) is 33.7. The number of hydrogen-bond donors (Lipinski definition) is 2. The number of fused-ring (bicyclic) bond motifs is 3. The molecule has 24 nitrogen and oxygen atoms in total. The lowest BCUT2D eigenvalue weighted by molar-refractivity contribution is -0.156. The number of carbonyl (C=O) groups excluding carboxylic acids is 4. The van der Waals surface area contributed by atoms with Gasteiger partial charge in [-0.05, 0) is 166 Å². The molecule has 0 unspecified atom stereocenters. The summed E-state index contributed by atoms with van der Waals surface area (Å²) in [6.45, 7) is 14.1. The van der Waals surface area contributed by atoms with Gasteiger partial charge in [-0.1, -0.05) is 136 Å². The van der Waals surface area contributed by atoms with Gasteiger partial charge in [-0.15, -0.1) is 34.0 Å². The Kier molecular flexibility index (Phi) is 29.7. The number of aromatic nitrogens is 6. The number of alkyl halides is 1. The molecule has 105 heavy (non-hydrogen) atoms. The number of carboxylic acids is 2. The fourth-order valence-electron chi connectivity index (χ4n) is 11.3. The number of halogens is 1. The van der Waals surface area contributed by atoms with Gasteiger partial charge >= 0.3 is 52.9 Å². The van der Waals surface area contributed by atoms with E-state index in [2.05, 4.69) is 15.9 Å². The highest BCUT2D eigenvalue weighted by Gasteiger charge is 2.32. The highest BCUT2D eigenvalue weighted by atomic mass is 79.9. The van der Waals surface area contributed by atoms with E-state index in [0.717, 1.165) is 108 Å². The van der Waals surface area contributed by atoms with Gasteiger partial charge in [-0.3, -0.25) is 42.5 Å². The van der Waals surface area contributed by atoms with Crippen molar-refractivity contribution < 1.29 is 57.9 Å². The first kappa shape index (κ1) is 84.8. The van der Waals surface area contributed by atoms with Crippen molar-refractivity contribution in [2.75, 3.05) is 0 Å². The van der Waals surface area contributed by atoms with Gasteiger partial charge in [0.25, 0.3) is 16.7 Å². The Hall–Kier alpha value is -9.12. The van der Waals surface area contributed by atoms with Gasteiger partial charge in [0.05, 0.1) is 16.2 Å². The normalized spacial score (nSPS) is 13.4. The summed E-state index contributed by atoms with van der Waals surface area (Å²) in [6, 6.07) is 28.7. The molecule has 0 radical (unpaired) electrons. The second-order valence-corrected chi connectivity index (χ2v) is 31.5. The van der Waals surface area contributed by atoms with Gasteiger partial charge in [-0.2, -0.15) is 0 Å². The molecule has 566 valence electrons. The van der Waals surface area contributed by atoms with Crippen LogP contribution in [0, 0.1) is 20.8 Å². The molecule has 0 amide bonds. The topological polar surface area (TPSA) is 312 Å². The summed E-state index contributed by atoms with van der Waals surface area (Å²) in [5, 5.41) is 19.3. The molecule has 28 heteroatoms. The van der Waals surface area contributed by atoms with Crippen LogP contribution in [0.15, 0.2) is 120 Å². The maximum Gasteiger partial charge on any atom is 0.348 e. The minimum absolute atomic E-state index is 0. The molecule has 0 saturated heterocycles. The Labute approximate surface area is 628 Å². The number of aliphatic carboxylic acids is 1. The van der Waals surface area contributed by atoms with Crippen LogP contribution in [0.25, 0.3) is 30.6 Å².